The van der Waals surface area contributed by atoms with E-state index in [0.29, 0.717) is 12.3 Å². The van der Waals surface area contributed by atoms with Crippen LogP contribution < -0.4 is 5.32 Å². The van der Waals surface area contributed by atoms with E-state index >= 15 is 0 Å². The molecular formula is C12H18N2O2. The SMILES string of the molecule is C#CC(C)N1CC(=O)NC(CC(C)C)C1=O. The maximum Gasteiger partial charge on any atom is 0.246 e. The summed E-state index contributed by atoms with van der Waals surface area (Å²) in [6.45, 7) is 5.85. The summed E-state index contributed by atoms with van der Waals surface area (Å²) in [6, 6.07) is -0.745. The molecule has 0 aliphatic carbocycles. The van der Waals surface area contributed by atoms with Gasteiger partial charge in [-0.15, -0.1) is 6.42 Å². The average Bonchev–Trinajstić information content (AvgIpc) is 2.21. The van der Waals surface area contributed by atoms with Crippen molar-refractivity contribution >= 4 is 11.8 Å². The Bertz CT molecular complexity index is 330. The van der Waals surface area contributed by atoms with Crippen LogP contribution in [0.5, 0.6) is 0 Å². The van der Waals surface area contributed by atoms with Crippen LogP contribution in [0.15, 0.2) is 0 Å². The lowest BCUT2D eigenvalue weighted by atomic mass is 10.00. The zero-order valence-electron chi connectivity index (χ0n) is 9.99. The highest BCUT2D eigenvalue weighted by Crippen LogP contribution is 2.13. The van der Waals surface area contributed by atoms with Crippen LogP contribution in [0, 0.1) is 18.3 Å². The van der Waals surface area contributed by atoms with E-state index in [1.165, 1.54) is 4.90 Å². The van der Waals surface area contributed by atoms with Gasteiger partial charge in [-0.3, -0.25) is 9.59 Å². The van der Waals surface area contributed by atoms with Crippen molar-refractivity contribution in [1.29, 1.82) is 0 Å². The van der Waals surface area contributed by atoms with Gasteiger partial charge in [-0.05, 0) is 19.3 Å². The van der Waals surface area contributed by atoms with Gasteiger partial charge in [0.15, 0.2) is 0 Å². The minimum Gasteiger partial charge on any atom is -0.343 e. The molecule has 1 aliphatic heterocycles. The second-order valence-corrected chi connectivity index (χ2v) is 4.56. The van der Waals surface area contributed by atoms with Gasteiger partial charge in [0.1, 0.15) is 12.6 Å². The number of hydrogen-bond acceptors (Lipinski definition) is 2. The fraction of sp³-hybridized carbons (Fsp3) is 0.667. The van der Waals surface area contributed by atoms with Crippen molar-refractivity contribution in [2.24, 2.45) is 5.92 Å². The van der Waals surface area contributed by atoms with Gasteiger partial charge in [0, 0.05) is 0 Å². The monoisotopic (exact) mass is 222 g/mol. The topological polar surface area (TPSA) is 49.4 Å². The molecule has 0 saturated carbocycles. The molecule has 2 unspecified atom stereocenters. The van der Waals surface area contributed by atoms with Crippen molar-refractivity contribution in [3.63, 3.8) is 0 Å². The molecule has 1 fully saturated rings. The highest BCUT2D eigenvalue weighted by molar-refractivity contribution is 5.95. The molecule has 16 heavy (non-hydrogen) atoms. The zero-order chi connectivity index (χ0) is 12.3. The third kappa shape index (κ3) is 2.75. The summed E-state index contributed by atoms with van der Waals surface area (Å²) < 4.78 is 0. The molecule has 0 radical (unpaired) electrons. The molecule has 1 heterocycles. The number of terminal acetylenes is 1. The van der Waals surface area contributed by atoms with Crippen LogP contribution in [-0.2, 0) is 9.59 Å². The number of carbonyl (C=O) groups excluding carboxylic acids is 2. The quantitative estimate of drug-likeness (QED) is 0.702. The first-order valence-corrected chi connectivity index (χ1v) is 5.51. The normalized spacial score (nSPS) is 22.9. The fourth-order valence-electron chi connectivity index (χ4n) is 1.78. The summed E-state index contributed by atoms with van der Waals surface area (Å²) in [5.74, 6) is 2.64. The Morgan fingerprint density at radius 3 is 2.62 bits per heavy atom. The summed E-state index contributed by atoms with van der Waals surface area (Å²) in [5.41, 5.74) is 0. The Labute approximate surface area is 96.4 Å². The van der Waals surface area contributed by atoms with E-state index in [1.807, 2.05) is 13.8 Å². The molecule has 4 nitrogen and oxygen atoms in total. The number of nitrogens with one attached hydrogen (secondary N) is 1. The van der Waals surface area contributed by atoms with E-state index in [2.05, 4.69) is 11.2 Å². The molecule has 1 aliphatic rings. The minimum atomic E-state index is -0.419. The van der Waals surface area contributed by atoms with Crippen molar-refractivity contribution in [2.75, 3.05) is 6.54 Å². The number of piperazine rings is 1. The molecule has 0 aromatic rings. The first-order valence-electron chi connectivity index (χ1n) is 5.51. The highest BCUT2D eigenvalue weighted by atomic mass is 16.2. The smallest absolute Gasteiger partial charge is 0.246 e. The molecule has 4 heteroatoms. The van der Waals surface area contributed by atoms with Crippen LogP contribution in [0.4, 0.5) is 0 Å². The van der Waals surface area contributed by atoms with Gasteiger partial charge in [-0.2, -0.15) is 0 Å². The van der Waals surface area contributed by atoms with Crippen molar-refractivity contribution in [1.82, 2.24) is 10.2 Å². The maximum atomic E-state index is 12.0. The van der Waals surface area contributed by atoms with Crippen LogP contribution in [0.1, 0.15) is 27.2 Å². The third-order valence-electron chi connectivity index (χ3n) is 2.65. The first-order chi connectivity index (χ1) is 7.45. The van der Waals surface area contributed by atoms with Gasteiger partial charge >= 0.3 is 0 Å². The summed E-state index contributed by atoms with van der Waals surface area (Å²) in [7, 11) is 0. The molecular weight excluding hydrogens is 204 g/mol. The predicted octanol–water partition coefficient (Wildman–Crippen LogP) is 0.381. The molecule has 0 bridgehead atoms. The largest absolute Gasteiger partial charge is 0.343 e. The molecule has 0 aromatic heterocycles. The van der Waals surface area contributed by atoms with Crippen LogP contribution in [0.3, 0.4) is 0 Å². The maximum absolute atomic E-state index is 12.0. The van der Waals surface area contributed by atoms with Crippen molar-refractivity contribution < 1.29 is 9.59 Å². The molecule has 1 saturated heterocycles. The Kier molecular flexibility index (Phi) is 3.94. The van der Waals surface area contributed by atoms with E-state index in [9.17, 15) is 9.59 Å². The van der Waals surface area contributed by atoms with Gasteiger partial charge in [-0.1, -0.05) is 19.8 Å². The van der Waals surface area contributed by atoms with E-state index in [1.54, 1.807) is 6.92 Å². The van der Waals surface area contributed by atoms with Crippen molar-refractivity contribution in [2.45, 2.75) is 39.3 Å². The van der Waals surface area contributed by atoms with Gasteiger partial charge < -0.3 is 10.2 Å². The zero-order valence-corrected chi connectivity index (χ0v) is 9.99. The molecule has 2 amide bonds. The molecule has 0 spiro atoms. The van der Waals surface area contributed by atoms with Crippen LogP contribution in [0.2, 0.25) is 0 Å². The Morgan fingerprint density at radius 1 is 1.50 bits per heavy atom. The number of nitrogens with zero attached hydrogens (tertiary/aromatic N) is 1. The Hall–Kier alpha value is -1.50. The van der Waals surface area contributed by atoms with E-state index < -0.39 is 6.04 Å². The summed E-state index contributed by atoms with van der Waals surface area (Å²) in [4.78, 5) is 24.9. The number of carbonyl (C=O) groups is 2. The lowest BCUT2D eigenvalue weighted by molar-refractivity contribution is -0.145. The number of amides is 2. The molecule has 88 valence electrons. The van der Waals surface area contributed by atoms with Gasteiger partial charge in [0.05, 0.1) is 6.04 Å². The van der Waals surface area contributed by atoms with Crippen molar-refractivity contribution in [3.8, 4) is 12.3 Å². The van der Waals surface area contributed by atoms with Crippen LogP contribution in [0.25, 0.3) is 0 Å². The lowest BCUT2D eigenvalue weighted by Gasteiger charge is -2.35. The van der Waals surface area contributed by atoms with Crippen molar-refractivity contribution in [3.05, 3.63) is 0 Å². The fourth-order valence-corrected chi connectivity index (χ4v) is 1.78. The second kappa shape index (κ2) is 5.02. The third-order valence-corrected chi connectivity index (χ3v) is 2.65. The molecule has 1 N–H and O–H groups in total. The summed E-state index contributed by atoms with van der Waals surface area (Å²) in [5, 5.41) is 2.71. The number of hydrogen-bond donors (Lipinski definition) is 1. The van der Waals surface area contributed by atoms with Gasteiger partial charge in [-0.25, -0.2) is 0 Å². The van der Waals surface area contributed by atoms with Gasteiger partial charge in [0.25, 0.3) is 0 Å². The number of rotatable bonds is 3. The molecule has 0 aromatic carbocycles. The molecule has 2 atom stereocenters. The average molecular weight is 222 g/mol. The highest BCUT2D eigenvalue weighted by Gasteiger charge is 2.34. The minimum absolute atomic E-state index is 0.0682. The second-order valence-electron chi connectivity index (χ2n) is 4.56. The summed E-state index contributed by atoms with van der Waals surface area (Å²) >= 11 is 0. The van der Waals surface area contributed by atoms with Crippen LogP contribution >= 0.6 is 0 Å². The van der Waals surface area contributed by atoms with E-state index in [-0.39, 0.29) is 24.4 Å². The van der Waals surface area contributed by atoms with E-state index in [0.717, 1.165) is 0 Å². The van der Waals surface area contributed by atoms with Gasteiger partial charge in [0.2, 0.25) is 11.8 Å². The van der Waals surface area contributed by atoms with Crippen LogP contribution in [-0.4, -0.2) is 35.3 Å². The van der Waals surface area contributed by atoms with E-state index in [4.69, 9.17) is 6.42 Å². The predicted molar refractivity (Wildman–Crippen MR) is 61.4 cm³/mol. The standard InChI is InChI=1S/C12H18N2O2/c1-5-9(4)14-7-11(15)13-10(12(14)16)6-8(2)3/h1,8-10H,6-7H2,2-4H3,(H,13,15). The lowest BCUT2D eigenvalue weighted by Crippen LogP contribution is -2.60. The Morgan fingerprint density at radius 2 is 2.12 bits per heavy atom. The summed E-state index contributed by atoms with van der Waals surface area (Å²) in [6.07, 6.45) is 5.93. The molecule has 1 rings (SSSR count). The Balaban J connectivity index is 2.78. The first kappa shape index (κ1) is 12.6.